The van der Waals surface area contributed by atoms with E-state index in [-0.39, 0.29) is 11.0 Å². The smallest absolute Gasteiger partial charge is 0.269 e. The minimum absolute atomic E-state index is 0.276. The molecule has 3 N–H and O–H groups in total. The standard InChI is InChI=1S/C23H18ClN5O2S/c1-14-5-4-6-17(13-14)25-23(32)29-26-20(30)15-9-11-16(12-10-15)21-27-28-22(31-21)18-7-2-3-8-19(18)24/h2-13H,1H3,(H,26,30)(H2,25,29,32). The number of nitrogens with one attached hydrogen (secondary N) is 3. The van der Waals surface area contributed by atoms with Crippen molar-refractivity contribution in [2.24, 2.45) is 0 Å². The second-order valence-corrected chi connectivity index (χ2v) is 7.69. The summed E-state index contributed by atoms with van der Waals surface area (Å²) in [5, 5.41) is 11.9. The fourth-order valence-corrected chi connectivity index (χ4v) is 3.30. The topological polar surface area (TPSA) is 92.1 Å². The van der Waals surface area contributed by atoms with E-state index < -0.39 is 0 Å². The number of benzene rings is 3. The Morgan fingerprint density at radius 1 is 0.938 bits per heavy atom. The van der Waals surface area contributed by atoms with Gasteiger partial charge in [0.15, 0.2) is 5.11 Å². The van der Waals surface area contributed by atoms with Gasteiger partial charge < -0.3 is 9.73 Å². The van der Waals surface area contributed by atoms with E-state index in [0.717, 1.165) is 11.3 Å². The van der Waals surface area contributed by atoms with E-state index in [1.165, 1.54) is 0 Å². The van der Waals surface area contributed by atoms with Gasteiger partial charge in [-0.1, -0.05) is 35.9 Å². The molecule has 0 saturated heterocycles. The number of amides is 1. The molecule has 4 rings (SSSR count). The molecule has 0 radical (unpaired) electrons. The lowest BCUT2D eigenvalue weighted by atomic mass is 10.1. The van der Waals surface area contributed by atoms with Gasteiger partial charge in [-0.15, -0.1) is 10.2 Å². The van der Waals surface area contributed by atoms with E-state index in [9.17, 15) is 4.79 Å². The zero-order chi connectivity index (χ0) is 22.5. The van der Waals surface area contributed by atoms with Crippen molar-refractivity contribution in [3.05, 3.63) is 88.9 Å². The third kappa shape index (κ3) is 5.11. The molecule has 160 valence electrons. The molecule has 1 aromatic heterocycles. The number of hydrazine groups is 1. The molecule has 1 heterocycles. The normalized spacial score (nSPS) is 10.4. The third-order valence-electron chi connectivity index (χ3n) is 4.49. The van der Waals surface area contributed by atoms with Gasteiger partial charge in [0.05, 0.1) is 10.6 Å². The van der Waals surface area contributed by atoms with Crippen molar-refractivity contribution < 1.29 is 9.21 Å². The molecular weight excluding hydrogens is 446 g/mol. The van der Waals surface area contributed by atoms with E-state index in [1.54, 1.807) is 36.4 Å². The molecule has 0 atom stereocenters. The average molecular weight is 464 g/mol. The largest absolute Gasteiger partial charge is 0.416 e. The van der Waals surface area contributed by atoms with Gasteiger partial charge in [0.25, 0.3) is 5.91 Å². The van der Waals surface area contributed by atoms with Crippen molar-refractivity contribution in [2.45, 2.75) is 6.92 Å². The Kier molecular flexibility index (Phi) is 6.44. The van der Waals surface area contributed by atoms with Gasteiger partial charge in [0, 0.05) is 16.8 Å². The highest BCUT2D eigenvalue weighted by molar-refractivity contribution is 7.80. The van der Waals surface area contributed by atoms with Crippen molar-refractivity contribution >= 4 is 40.5 Å². The summed E-state index contributed by atoms with van der Waals surface area (Å²) in [4.78, 5) is 12.4. The molecule has 0 aliphatic carbocycles. The Balaban J connectivity index is 1.37. The first-order valence-corrected chi connectivity index (χ1v) is 10.4. The maximum absolute atomic E-state index is 12.4. The number of carbonyl (C=O) groups is 1. The molecule has 0 aliphatic rings. The Labute approximate surface area is 194 Å². The molecule has 7 nitrogen and oxygen atoms in total. The van der Waals surface area contributed by atoms with Crippen LogP contribution in [0, 0.1) is 6.92 Å². The Bertz CT molecular complexity index is 1270. The van der Waals surface area contributed by atoms with Crippen LogP contribution in [0.4, 0.5) is 5.69 Å². The fourth-order valence-electron chi connectivity index (χ4n) is 2.92. The summed E-state index contributed by atoms with van der Waals surface area (Å²) in [5.41, 5.74) is 8.96. The zero-order valence-corrected chi connectivity index (χ0v) is 18.5. The van der Waals surface area contributed by atoms with E-state index >= 15 is 0 Å². The predicted molar refractivity (Wildman–Crippen MR) is 128 cm³/mol. The molecule has 32 heavy (non-hydrogen) atoms. The number of rotatable bonds is 4. The number of nitrogens with zero attached hydrogens (tertiary/aromatic N) is 2. The van der Waals surface area contributed by atoms with E-state index in [0.29, 0.717) is 33.5 Å². The molecule has 0 aliphatic heterocycles. The van der Waals surface area contributed by atoms with Crippen LogP contribution in [0.25, 0.3) is 22.9 Å². The molecular formula is C23H18ClN5O2S. The summed E-state index contributed by atoms with van der Waals surface area (Å²) in [6, 6.07) is 21.7. The lowest BCUT2D eigenvalue weighted by Gasteiger charge is -2.12. The van der Waals surface area contributed by atoms with Crippen LogP contribution in [-0.4, -0.2) is 21.2 Å². The maximum atomic E-state index is 12.4. The Morgan fingerprint density at radius 3 is 2.44 bits per heavy atom. The van der Waals surface area contributed by atoms with Crippen LogP contribution in [0.5, 0.6) is 0 Å². The molecule has 0 bridgehead atoms. The monoisotopic (exact) mass is 463 g/mol. The van der Waals surface area contributed by atoms with Crippen LogP contribution < -0.4 is 16.2 Å². The van der Waals surface area contributed by atoms with Gasteiger partial charge in [-0.25, -0.2) is 0 Å². The summed E-state index contributed by atoms with van der Waals surface area (Å²) in [7, 11) is 0. The summed E-state index contributed by atoms with van der Waals surface area (Å²) >= 11 is 11.4. The third-order valence-corrected chi connectivity index (χ3v) is 5.02. The minimum Gasteiger partial charge on any atom is -0.416 e. The first-order valence-electron chi connectivity index (χ1n) is 9.62. The van der Waals surface area contributed by atoms with E-state index in [2.05, 4.69) is 26.4 Å². The van der Waals surface area contributed by atoms with Crippen molar-refractivity contribution in [1.82, 2.24) is 21.0 Å². The molecule has 0 saturated carbocycles. The van der Waals surface area contributed by atoms with Gasteiger partial charge in [-0.3, -0.25) is 15.6 Å². The zero-order valence-electron chi connectivity index (χ0n) is 16.9. The quantitative estimate of drug-likeness (QED) is 0.290. The number of aromatic nitrogens is 2. The summed E-state index contributed by atoms with van der Waals surface area (Å²) < 4.78 is 5.74. The van der Waals surface area contributed by atoms with Gasteiger partial charge in [0.2, 0.25) is 11.8 Å². The number of hydrogen-bond acceptors (Lipinski definition) is 5. The van der Waals surface area contributed by atoms with Crippen LogP contribution in [-0.2, 0) is 0 Å². The fraction of sp³-hybridized carbons (Fsp3) is 0.0435. The molecule has 0 unspecified atom stereocenters. The Hall–Kier alpha value is -3.75. The van der Waals surface area contributed by atoms with E-state index in [1.807, 2.05) is 43.3 Å². The molecule has 0 fully saturated rings. The highest BCUT2D eigenvalue weighted by atomic mass is 35.5. The molecule has 1 amide bonds. The number of aryl methyl sites for hydroxylation is 1. The lowest BCUT2D eigenvalue weighted by molar-refractivity contribution is 0.0944. The predicted octanol–water partition coefficient (Wildman–Crippen LogP) is 5.00. The van der Waals surface area contributed by atoms with Crippen LogP contribution in [0.3, 0.4) is 0 Å². The van der Waals surface area contributed by atoms with Gasteiger partial charge in [-0.2, -0.15) is 0 Å². The lowest BCUT2D eigenvalue weighted by Crippen LogP contribution is -2.43. The summed E-state index contributed by atoms with van der Waals surface area (Å²) in [6.45, 7) is 1.99. The number of carbonyl (C=O) groups excluding carboxylic acids is 1. The van der Waals surface area contributed by atoms with Crippen molar-refractivity contribution in [2.75, 3.05) is 5.32 Å². The Morgan fingerprint density at radius 2 is 1.69 bits per heavy atom. The number of thiocarbonyl (C=S) groups is 1. The number of anilines is 1. The molecule has 4 aromatic rings. The van der Waals surface area contributed by atoms with Crippen LogP contribution in [0.2, 0.25) is 5.02 Å². The second kappa shape index (κ2) is 9.59. The first-order chi connectivity index (χ1) is 15.5. The van der Waals surface area contributed by atoms with Gasteiger partial charge in [0.1, 0.15) is 0 Å². The highest BCUT2D eigenvalue weighted by Crippen LogP contribution is 2.29. The van der Waals surface area contributed by atoms with Crippen molar-refractivity contribution in [3.63, 3.8) is 0 Å². The SMILES string of the molecule is Cc1cccc(NC(=S)NNC(=O)c2ccc(-c3nnc(-c4ccccc4Cl)o3)cc2)c1. The van der Waals surface area contributed by atoms with E-state index in [4.69, 9.17) is 28.2 Å². The average Bonchev–Trinajstić information content (AvgIpc) is 3.28. The second-order valence-electron chi connectivity index (χ2n) is 6.87. The molecule has 3 aromatic carbocycles. The van der Waals surface area contributed by atoms with Gasteiger partial charge in [-0.05, 0) is 73.2 Å². The van der Waals surface area contributed by atoms with Gasteiger partial charge >= 0.3 is 0 Å². The maximum Gasteiger partial charge on any atom is 0.269 e. The summed E-state index contributed by atoms with van der Waals surface area (Å²) in [6.07, 6.45) is 0. The van der Waals surface area contributed by atoms with Crippen molar-refractivity contribution in [1.29, 1.82) is 0 Å². The number of hydrogen-bond donors (Lipinski definition) is 3. The number of halogens is 1. The summed E-state index contributed by atoms with van der Waals surface area (Å²) in [5.74, 6) is 0.312. The minimum atomic E-state index is -0.341. The molecule has 9 heteroatoms. The van der Waals surface area contributed by atoms with Crippen LogP contribution >= 0.6 is 23.8 Å². The van der Waals surface area contributed by atoms with Crippen LogP contribution in [0.1, 0.15) is 15.9 Å². The highest BCUT2D eigenvalue weighted by Gasteiger charge is 2.14. The molecule has 0 spiro atoms. The van der Waals surface area contributed by atoms with Crippen LogP contribution in [0.15, 0.2) is 77.2 Å². The van der Waals surface area contributed by atoms with Crippen molar-refractivity contribution in [3.8, 4) is 22.9 Å². The first kappa shape index (κ1) is 21.5.